The second-order valence-corrected chi connectivity index (χ2v) is 9.08. The molecule has 2 aromatic rings. The lowest BCUT2D eigenvalue weighted by molar-refractivity contribution is 0.237. The molecule has 1 fully saturated rings. The minimum absolute atomic E-state index is 0.0184. The maximum absolute atomic E-state index is 13.5. The molecular weight excluding hydrogens is 348 g/mol. The van der Waals surface area contributed by atoms with Crippen molar-refractivity contribution in [1.82, 2.24) is 4.90 Å². The van der Waals surface area contributed by atoms with Crippen molar-refractivity contribution in [2.24, 2.45) is 0 Å². The molecule has 0 aliphatic carbocycles. The van der Waals surface area contributed by atoms with E-state index in [1.807, 2.05) is 12.1 Å². The molecule has 2 aliphatic heterocycles. The zero-order chi connectivity index (χ0) is 18.5. The fourth-order valence-electron chi connectivity index (χ4n) is 4.21. The smallest absolute Gasteiger partial charge is 0.264 e. The number of likely N-dealkylation sites (tertiary alicyclic amines) is 1. The zero-order valence-electron chi connectivity index (χ0n) is 15.3. The van der Waals surface area contributed by atoms with Crippen molar-refractivity contribution in [3.63, 3.8) is 0 Å². The monoisotopic (exact) mass is 372 g/mol. The molecule has 26 heavy (non-hydrogen) atoms. The first-order chi connectivity index (χ1) is 12.4. The molecule has 0 unspecified atom stereocenters. The van der Waals surface area contributed by atoms with Gasteiger partial charge < -0.3 is 9.64 Å². The Bertz CT molecular complexity index is 925. The van der Waals surface area contributed by atoms with Gasteiger partial charge in [0.15, 0.2) is 0 Å². The van der Waals surface area contributed by atoms with Gasteiger partial charge in [0.2, 0.25) is 0 Å². The Kier molecular flexibility index (Phi) is 4.20. The van der Waals surface area contributed by atoms with E-state index in [4.69, 9.17) is 4.74 Å². The molecule has 6 heteroatoms. The first-order valence-corrected chi connectivity index (χ1v) is 10.3. The average Bonchev–Trinajstić information content (AvgIpc) is 2.95. The van der Waals surface area contributed by atoms with Crippen molar-refractivity contribution in [1.29, 1.82) is 0 Å². The number of sulfonamides is 1. The van der Waals surface area contributed by atoms with E-state index in [9.17, 15) is 8.42 Å². The highest BCUT2D eigenvalue weighted by atomic mass is 32.2. The number of fused-ring (bicyclic) bond motifs is 3. The van der Waals surface area contributed by atoms with Crippen LogP contribution in [0.3, 0.4) is 0 Å². The van der Waals surface area contributed by atoms with Gasteiger partial charge in [-0.3, -0.25) is 4.31 Å². The van der Waals surface area contributed by atoms with E-state index >= 15 is 0 Å². The molecule has 4 rings (SSSR count). The summed E-state index contributed by atoms with van der Waals surface area (Å²) in [6, 6.07) is 12.7. The number of hydrogen-bond acceptors (Lipinski definition) is 4. The molecule has 2 atom stereocenters. The van der Waals surface area contributed by atoms with Crippen LogP contribution in [0.1, 0.15) is 23.5 Å². The number of likely N-dealkylation sites (N-methyl/N-ethyl adjacent to an activating group) is 1. The summed E-state index contributed by atoms with van der Waals surface area (Å²) in [6.07, 6.45) is 0.838. The predicted molar refractivity (Wildman–Crippen MR) is 102 cm³/mol. The fourth-order valence-corrected chi connectivity index (χ4v) is 5.95. The Morgan fingerprint density at radius 2 is 1.85 bits per heavy atom. The average molecular weight is 372 g/mol. The molecule has 2 aliphatic rings. The highest BCUT2D eigenvalue weighted by Crippen LogP contribution is 2.47. The van der Waals surface area contributed by atoms with Crippen LogP contribution >= 0.6 is 0 Å². The Balaban J connectivity index is 1.82. The van der Waals surface area contributed by atoms with E-state index < -0.39 is 10.0 Å². The van der Waals surface area contributed by atoms with Crippen molar-refractivity contribution in [2.75, 3.05) is 31.6 Å². The number of rotatable bonds is 3. The van der Waals surface area contributed by atoms with Crippen LogP contribution in [0, 0.1) is 6.92 Å². The Morgan fingerprint density at radius 3 is 2.54 bits per heavy atom. The van der Waals surface area contributed by atoms with Crippen molar-refractivity contribution in [3.8, 4) is 5.75 Å². The summed E-state index contributed by atoms with van der Waals surface area (Å²) < 4.78 is 33.8. The Hall–Kier alpha value is -2.05. The summed E-state index contributed by atoms with van der Waals surface area (Å²) in [4.78, 5) is 2.60. The topological polar surface area (TPSA) is 49.9 Å². The highest BCUT2D eigenvalue weighted by Gasteiger charge is 2.46. The second kappa shape index (κ2) is 6.28. The van der Waals surface area contributed by atoms with Crippen molar-refractivity contribution < 1.29 is 13.2 Å². The van der Waals surface area contributed by atoms with E-state index in [1.165, 1.54) is 5.56 Å². The lowest BCUT2D eigenvalue weighted by Crippen LogP contribution is -2.47. The molecule has 0 spiro atoms. The molecule has 2 heterocycles. The summed E-state index contributed by atoms with van der Waals surface area (Å²) in [7, 11) is 0.0600. The number of hydrogen-bond donors (Lipinski definition) is 0. The predicted octanol–water partition coefficient (Wildman–Crippen LogP) is 3.00. The molecule has 0 saturated carbocycles. The van der Waals surface area contributed by atoms with Gasteiger partial charge in [-0.1, -0.05) is 17.7 Å². The minimum Gasteiger partial charge on any atom is -0.497 e. The summed E-state index contributed by atoms with van der Waals surface area (Å²) in [5.41, 5.74) is 3.15. The number of anilines is 1. The van der Waals surface area contributed by atoms with Crippen LogP contribution in [0.15, 0.2) is 47.4 Å². The molecule has 5 nitrogen and oxygen atoms in total. The van der Waals surface area contributed by atoms with Crippen LogP contribution < -0.4 is 9.04 Å². The summed E-state index contributed by atoms with van der Waals surface area (Å²) in [6.45, 7) is 3.85. The molecule has 138 valence electrons. The van der Waals surface area contributed by atoms with Crippen LogP contribution in [0.4, 0.5) is 5.69 Å². The number of nitrogens with zero attached hydrogens (tertiary/aromatic N) is 2. The van der Waals surface area contributed by atoms with E-state index in [1.54, 1.807) is 35.7 Å². The number of methoxy groups -OCH3 is 1. The van der Waals surface area contributed by atoms with Crippen molar-refractivity contribution >= 4 is 15.7 Å². The molecule has 0 aromatic heterocycles. The summed E-state index contributed by atoms with van der Waals surface area (Å²) >= 11 is 0. The molecule has 0 N–H and O–H groups in total. The minimum atomic E-state index is -3.62. The van der Waals surface area contributed by atoms with Gasteiger partial charge in [0, 0.05) is 12.5 Å². The zero-order valence-corrected chi connectivity index (χ0v) is 16.2. The standard InChI is InChI=1S/C20H24N2O3S/c1-14-4-9-19-17(12-14)18-13-21(2)11-10-20(18)22(19)26(23,24)16-7-5-15(25-3)6-8-16/h4-9,12,18,20H,10-11,13H2,1-3H3/t18-,20+/m0/s1. The van der Waals surface area contributed by atoms with Crippen molar-refractivity contribution in [3.05, 3.63) is 53.6 Å². The van der Waals surface area contributed by atoms with Gasteiger partial charge in [-0.25, -0.2) is 8.42 Å². The quantitative estimate of drug-likeness (QED) is 0.831. The summed E-state index contributed by atoms with van der Waals surface area (Å²) in [5.74, 6) is 0.871. The molecular formula is C20H24N2O3S. The third-order valence-electron chi connectivity index (χ3n) is 5.52. The van der Waals surface area contributed by atoms with Gasteiger partial charge in [-0.2, -0.15) is 0 Å². The van der Waals surface area contributed by atoms with Gasteiger partial charge in [-0.15, -0.1) is 0 Å². The molecule has 2 aromatic carbocycles. The second-order valence-electron chi connectivity index (χ2n) is 7.26. The lowest BCUT2D eigenvalue weighted by Gasteiger charge is -2.36. The van der Waals surface area contributed by atoms with E-state index in [-0.39, 0.29) is 12.0 Å². The van der Waals surface area contributed by atoms with Crippen LogP contribution in [0.5, 0.6) is 5.75 Å². The molecule has 1 saturated heterocycles. The van der Waals surface area contributed by atoms with E-state index in [0.717, 1.165) is 30.8 Å². The maximum Gasteiger partial charge on any atom is 0.264 e. The number of piperidine rings is 1. The van der Waals surface area contributed by atoms with E-state index in [2.05, 4.69) is 24.9 Å². The summed E-state index contributed by atoms with van der Waals surface area (Å²) in [5, 5.41) is 0. The first-order valence-electron chi connectivity index (χ1n) is 8.89. The number of ether oxygens (including phenoxy) is 1. The van der Waals surface area contributed by atoms with Gasteiger partial charge >= 0.3 is 0 Å². The normalized spacial score (nSPS) is 22.8. The fraction of sp³-hybridized carbons (Fsp3) is 0.400. The largest absolute Gasteiger partial charge is 0.497 e. The number of aryl methyl sites for hydroxylation is 1. The van der Waals surface area contributed by atoms with Gasteiger partial charge in [0.1, 0.15) is 5.75 Å². The number of benzene rings is 2. The van der Waals surface area contributed by atoms with Gasteiger partial charge in [0.25, 0.3) is 10.0 Å². The Labute approximate surface area is 155 Å². The molecule has 0 radical (unpaired) electrons. The molecule has 0 amide bonds. The maximum atomic E-state index is 13.5. The van der Waals surface area contributed by atoms with Crippen LogP contribution in [0.2, 0.25) is 0 Å². The SMILES string of the molecule is COc1ccc(S(=O)(=O)N2c3ccc(C)cc3[C@@H]3CN(C)CC[C@H]32)cc1. The lowest BCUT2D eigenvalue weighted by atomic mass is 9.89. The molecule has 0 bridgehead atoms. The third kappa shape index (κ3) is 2.68. The third-order valence-corrected chi connectivity index (χ3v) is 7.37. The Morgan fingerprint density at radius 1 is 1.12 bits per heavy atom. The van der Waals surface area contributed by atoms with Crippen LogP contribution in [0.25, 0.3) is 0 Å². The van der Waals surface area contributed by atoms with Gasteiger partial charge in [0.05, 0.1) is 23.7 Å². The highest BCUT2D eigenvalue weighted by molar-refractivity contribution is 7.92. The van der Waals surface area contributed by atoms with Crippen LogP contribution in [-0.4, -0.2) is 46.6 Å². The van der Waals surface area contributed by atoms with Crippen LogP contribution in [-0.2, 0) is 10.0 Å². The van der Waals surface area contributed by atoms with Crippen molar-refractivity contribution in [2.45, 2.75) is 30.2 Å². The van der Waals surface area contributed by atoms with Gasteiger partial charge in [-0.05, 0) is 62.8 Å². The first kappa shape index (κ1) is 17.4. The van der Waals surface area contributed by atoms with E-state index in [0.29, 0.717) is 10.6 Å².